The zero-order valence-corrected chi connectivity index (χ0v) is 9.00. The summed E-state index contributed by atoms with van der Waals surface area (Å²) in [4.78, 5) is 11.2. The summed E-state index contributed by atoms with van der Waals surface area (Å²) in [5.41, 5.74) is 8.74. The van der Waals surface area contributed by atoms with Crippen LogP contribution in [0.2, 0.25) is 0 Å². The van der Waals surface area contributed by atoms with Gasteiger partial charge in [-0.05, 0) is 32.6 Å². The van der Waals surface area contributed by atoms with Crippen LogP contribution in [0.3, 0.4) is 0 Å². The predicted molar refractivity (Wildman–Crippen MR) is 56.6 cm³/mol. The minimum absolute atomic E-state index is 0.0799. The quantitative estimate of drug-likeness (QED) is 0.636. The fraction of sp³-hybridized carbons (Fsp3) is 0.545. The Bertz CT molecular complexity index is 378. The van der Waals surface area contributed by atoms with Crippen molar-refractivity contribution in [3.63, 3.8) is 0 Å². The molecule has 1 unspecified atom stereocenters. The lowest BCUT2D eigenvalue weighted by Crippen LogP contribution is -2.33. The molecule has 2 rings (SSSR count). The molecule has 0 aromatic rings. The highest BCUT2D eigenvalue weighted by atomic mass is 16.4. The van der Waals surface area contributed by atoms with Crippen LogP contribution in [-0.2, 0) is 4.79 Å². The number of dihydropyridines is 1. The first-order valence-corrected chi connectivity index (χ1v) is 5.19. The highest BCUT2D eigenvalue weighted by molar-refractivity contribution is 5.89. The molecule has 15 heavy (non-hydrogen) atoms. The normalized spacial score (nSPS) is 26.7. The molecule has 0 aromatic carbocycles. The second kappa shape index (κ2) is 3.29. The topological polar surface area (TPSA) is 75.4 Å². The maximum atomic E-state index is 11.2. The fourth-order valence-corrected chi connectivity index (χ4v) is 2.26. The zero-order chi connectivity index (χ0) is 11.2. The molecule has 1 fully saturated rings. The van der Waals surface area contributed by atoms with Crippen molar-refractivity contribution in [3.05, 3.63) is 22.7 Å². The lowest BCUT2D eigenvalue weighted by molar-refractivity contribution is -0.133. The summed E-state index contributed by atoms with van der Waals surface area (Å²) >= 11 is 0. The van der Waals surface area contributed by atoms with E-state index in [1.54, 1.807) is 6.92 Å². The average molecular weight is 208 g/mol. The van der Waals surface area contributed by atoms with Crippen LogP contribution in [0.4, 0.5) is 0 Å². The van der Waals surface area contributed by atoms with Crippen molar-refractivity contribution >= 4 is 5.97 Å². The first-order valence-electron chi connectivity index (χ1n) is 5.19. The lowest BCUT2D eigenvalue weighted by atomic mass is 9.86. The van der Waals surface area contributed by atoms with Gasteiger partial charge in [0.2, 0.25) is 0 Å². The first kappa shape index (κ1) is 10.1. The van der Waals surface area contributed by atoms with Crippen molar-refractivity contribution in [3.8, 4) is 0 Å². The van der Waals surface area contributed by atoms with E-state index < -0.39 is 5.97 Å². The number of nitrogens with two attached hydrogens (primary N) is 1. The van der Waals surface area contributed by atoms with Gasteiger partial charge in [-0.1, -0.05) is 0 Å². The summed E-state index contributed by atoms with van der Waals surface area (Å²) in [6.07, 6.45) is 2.17. The first-order chi connectivity index (χ1) is 7.02. The molecule has 4 nitrogen and oxygen atoms in total. The highest BCUT2D eigenvalue weighted by Gasteiger charge is 2.41. The fourth-order valence-electron chi connectivity index (χ4n) is 2.26. The van der Waals surface area contributed by atoms with Gasteiger partial charge in [0.25, 0.3) is 0 Å². The molecule has 0 spiro atoms. The van der Waals surface area contributed by atoms with Crippen LogP contribution in [-0.4, -0.2) is 11.1 Å². The Morgan fingerprint density at radius 2 is 2.00 bits per heavy atom. The smallest absolute Gasteiger partial charge is 0.334 e. The number of carboxylic acid groups (broad SMARTS) is 1. The molecular weight excluding hydrogens is 192 g/mol. The molecule has 4 N–H and O–H groups in total. The third kappa shape index (κ3) is 1.60. The summed E-state index contributed by atoms with van der Waals surface area (Å²) < 4.78 is 0. The van der Waals surface area contributed by atoms with Gasteiger partial charge in [0, 0.05) is 23.0 Å². The number of hydrogen-bond acceptors (Lipinski definition) is 3. The molecule has 0 radical (unpaired) electrons. The van der Waals surface area contributed by atoms with E-state index in [9.17, 15) is 9.90 Å². The number of carbonyl (C=O) groups is 1. The summed E-state index contributed by atoms with van der Waals surface area (Å²) in [5, 5.41) is 12.2. The van der Waals surface area contributed by atoms with Crippen LogP contribution in [0.15, 0.2) is 22.7 Å². The van der Waals surface area contributed by atoms with E-state index in [-0.39, 0.29) is 5.92 Å². The number of rotatable bonds is 2. The Kier molecular flexibility index (Phi) is 2.21. The number of nitrogens with one attached hydrogen (secondary N) is 1. The third-order valence-electron chi connectivity index (χ3n) is 3.18. The Morgan fingerprint density at radius 3 is 2.47 bits per heavy atom. The second-order valence-electron chi connectivity index (χ2n) is 4.36. The van der Waals surface area contributed by atoms with Crippen molar-refractivity contribution in [1.29, 1.82) is 0 Å². The van der Waals surface area contributed by atoms with Crippen LogP contribution in [0.5, 0.6) is 0 Å². The number of carboxylic acids is 1. The van der Waals surface area contributed by atoms with E-state index in [0.29, 0.717) is 17.2 Å². The molecule has 1 aliphatic heterocycles. The standard InChI is InChI=1S/C11H16N2O2/c1-5-8(11(14)15)9(7-3-4-7)10(12)6(2)13-5/h7,9,13H,3-4,12H2,1-2H3,(H,14,15). The van der Waals surface area contributed by atoms with Crippen molar-refractivity contribution in [1.82, 2.24) is 5.32 Å². The number of allylic oxidation sites excluding steroid dienone is 3. The maximum absolute atomic E-state index is 11.2. The molecule has 0 bridgehead atoms. The molecule has 0 saturated heterocycles. The van der Waals surface area contributed by atoms with Gasteiger partial charge in [-0.3, -0.25) is 0 Å². The van der Waals surface area contributed by atoms with Crippen LogP contribution < -0.4 is 11.1 Å². The largest absolute Gasteiger partial charge is 0.478 e. The Morgan fingerprint density at radius 1 is 1.40 bits per heavy atom. The molecule has 0 aromatic heterocycles. The van der Waals surface area contributed by atoms with Gasteiger partial charge in [0.05, 0.1) is 5.57 Å². The van der Waals surface area contributed by atoms with Crippen LogP contribution >= 0.6 is 0 Å². The molecule has 1 atom stereocenters. The number of hydrogen-bond donors (Lipinski definition) is 3. The SMILES string of the molecule is CC1=C(N)C(C2CC2)C(C(=O)O)=C(C)N1. The van der Waals surface area contributed by atoms with E-state index in [4.69, 9.17) is 5.73 Å². The molecule has 82 valence electrons. The molecule has 1 heterocycles. The van der Waals surface area contributed by atoms with E-state index >= 15 is 0 Å². The summed E-state index contributed by atoms with van der Waals surface area (Å²) in [7, 11) is 0. The molecular formula is C11H16N2O2. The van der Waals surface area contributed by atoms with E-state index in [2.05, 4.69) is 5.32 Å². The zero-order valence-electron chi connectivity index (χ0n) is 9.00. The average Bonchev–Trinajstić information content (AvgIpc) is 2.93. The third-order valence-corrected chi connectivity index (χ3v) is 3.18. The maximum Gasteiger partial charge on any atom is 0.334 e. The van der Waals surface area contributed by atoms with E-state index in [1.807, 2.05) is 6.92 Å². The number of aliphatic carboxylic acids is 1. The monoisotopic (exact) mass is 208 g/mol. The summed E-state index contributed by atoms with van der Waals surface area (Å²) in [5.74, 6) is -0.501. The molecule has 1 aliphatic carbocycles. The van der Waals surface area contributed by atoms with Crippen molar-refractivity contribution in [2.24, 2.45) is 17.6 Å². The van der Waals surface area contributed by atoms with E-state index in [1.165, 1.54) is 0 Å². The molecule has 4 heteroatoms. The van der Waals surface area contributed by atoms with Gasteiger partial charge in [-0.15, -0.1) is 0 Å². The van der Waals surface area contributed by atoms with Gasteiger partial charge in [-0.25, -0.2) is 4.79 Å². The van der Waals surface area contributed by atoms with Crippen LogP contribution in [0.1, 0.15) is 26.7 Å². The van der Waals surface area contributed by atoms with Gasteiger partial charge in [0.15, 0.2) is 0 Å². The minimum atomic E-state index is -0.854. The molecule has 2 aliphatic rings. The predicted octanol–water partition coefficient (Wildman–Crippen LogP) is 1.16. The Labute approximate surface area is 88.8 Å². The molecule has 1 saturated carbocycles. The van der Waals surface area contributed by atoms with Gasteiger partial charge in [0.1, 0.15) is 0 Å². The Hall–Kier alpha value is -1.45. The van der Waals surface area contributed by atoms with Crippen LogP contribution in [0, 0.1) is 11.8 Å². The van der Waals surface area contributed by atoms with Crippen molar-refractivity contribution in [2.45, 2.75) is 26.7 Å². The van der Waals surface area contributed by atoms with Crippen LogP contribution in [0.25, 0.3) is 0 Å². The highest BCUT2D eigenvalue weighted by Crippen LogP contribution is 2.45. The van der Waals surface area contributed by atoms with Gasteiger partial charge in [-0.2, -0.15) is 0 Å². The van der Waals surface area contributed by atoms with Crippen molar-refractivity contribution < 1.29 is 9.90 Å². The summed E-state index contributed by atoms with van der Waals surface area (Å²) in [6, 6.07) is 0. The van der Waals surface area contributed by atoms with Gasteiger partial charge >= 0.3 is 5.97 Å². The molecule has 0 amide bonds. The Balaban J connectivity index is 2.41. The second-order valence-corrected chi connectivity index (χ2v) is 4.36. The lowest BCUT2D eigenvalue weighted by Gasteiger charge is -2.28. The summed E-state index contributed by atoms with van der Waals surface area (Å²) in [6.45, 7) is 3.70. The van der Waals surface area contributed by atoms with Gasteiger partial charge < -0.3 is 16.2 Å². The van der Waals surface area contributed by atoms with E-state index in [0.717, 1.165) is 24.2 Å². The minimum Gasteiger partial charge on any atom is -0.478 e. The van der Waals surface area contributed by atoms with Crippen molar-refractivity contribution in [2.75, 3.05) is 0 Å².